The maximum Gasteiger partial charge on any atom is 0.330 e. The van der Waals surface area contributed by atoms with E-state index in [0.717, 1.165) is 16.7 Å². The van der Waals surface area contributed by atoms with Crippen molar-refractivity contribution in [2.45, 2.75) is 177 Å². The van der Waals surface area contributed by atoms with Crippen molar-refractivity contribution in [3.63, 3.8) is 0 Å². The second-order valence-corrected chi connectivity index (χ2v) is 20.0. The molecule has 0 spiro atoms. The molecule has 3 N–H and O–H groups in total. The molecule has 4 saturated heterocycles. The lowest BCUT2D eigenvalue weighted by atomic mass is 9.79. The van der Waals surface area contributed by atoms with Gasteiger partial charge in [0.2, 0.25) is 5.89 Å². The fourth-order valence-corrected chi connectivity index (χ4v) is 10.6. The zero-order chi connectivity index (χ0) is 49.2. The number of fused-ring (bicyclic) bond motifs is 9. The SMILES string of the molecule is C=C1C[C@@H]2C[C@H]3C[C@H](O)C[C@@H](O3)c3coc(n3)/C=C/C[C@H]3O[C@@H](/C(C)=C/c4coc(C[C@]5(O)C[C@H](OC)C[C@H]([C@H](O)/C=C(C)/C=C/[C@@H](C/C=C/Br)OC)O5)n4)[C@H](C)[C@@H](OC(=O)/C=C\C[C@@H](C1)O2)[C@H]3C. The predicted octanol–water partition coefficient (Wildman–Crippen LogP) is 8.76. The molecule has 5 aliphatic heterocycles. The lowest BCUT2D eigenvalue weighted by molar-refractivity contribution is -0.286. The molecule has 16 heteroatoms. The van der Waals surface area contributed by atoms with Crippen molar-refractivity contribution in [2.24, 2.45) is 11.8 Å². The van der Waals surface area contributed by atoms with E-state index >= 15 is 0 Å². The molecule has 4 fully saturated rings. The maximum absolute atomic E-state index is 13.6. The monoisotopic (exact) mass is 1020 g/mol. The number of methoxy groups -OCH3 is 2. The van der Waals surface area contributed by atoms with E-state index in [1.54, 1.807) is 37.6 Å². The summed E-state index contributed by atoms with van der Waals surface area (Å²) in [5.74, 6) is -1.95. The first-order chi connectivity index (χ1) is 33.1. The van der Waals surface area contributed by atoms with Crippen molar-refractivity contribution in [2.75, 3.05) is 14.2 Å². The fraction of sp³-hybridized carbons (Fsp3) is 0.604. The molecule has 0 aliphatic carbocycles. The Labute approximate surface area is 414 Å². The van der Waals surface area contributed by atoms with Crippen LogP contribution in [0.4, 0.5) is 0 Å². The summed E-state index contributed by atoms with van der Waals surface area (Å²) in [4.78, 5) is 24.8. The van der Waals surface area contributed by atoms with Gasteiger partial charge in [0.05, 0.1) is 67.5 Å². The number of halogens is 1. The quantitative estimate of drug-likeness (QED) is 0.104. The van der Waals surface area contributed by atoms with Crippen molar-refractivity contribution in [1.29, 1.82) is 0 Å². The van der Waals surface area contributed by atoms with Crippen molar-refractivity contribution >= 4 is 34.1 Å². The minimum absolute atomic E-state index is 0.0830. The zero-order valence-electron chi connectivity index (χ0n) is 40.7. The summed E-state index contributed by atoms with van der Waals surface area (Å²) in [5.41, 5.74) is 3.86. The van der Waals surface area contributed by atoms with Crippen LogP contribution >= 0.6 is 15.9 Å². The Balaban J connectivity index is 1.06. The number of rotatable bonds is 12. The second-order valence-electron chi connectivity index (χ2n) is 19.5. The number of carbonyl (C=O) groups is 1. The van der Waals surface area contributed by atoms with Gasteiger partial charge in [0, 0.05) is 57.8 Å². The van der Waals surface area contributed by atoms with Gasteiger partial charge in [0.15, 0.2) is 11.7 Å². The average molecular weight is 1020 g/mol. The van der Waals surface area contributed by atoms with Crippen LogP contribution < -0.4 is 0 Å². The van der Waals surface area contributed by atoms with Gasteiger partial charge in [-0.3, -0.25) is 0 Å². The number of ether oxygens (including phenoxy) is 7. The summed E-state index contributed by atoms with van der Waals surface area (Å²) in [5, 5.41) is 33.9. The number of hydrogen-bond acceptors (Lipinski definition) is 15. The molecule has 0 aromatic carbocycles. The molecular formula is C53H71BrN2O13. The lowest BCUT2D eigenvalue weighted by Gasteiger charge is -2.44. The van der Waals surface area contributed by atoms with Crippen LogP contribution in [0.1, 0.15) is 121 Å². The molecule has 5 aliphatic rings. The Morgan fingerprint density at radius 3 is 2.57 bits per heavy atom. The number of aromatic nitrogens is 2. The van der Waals surface area contributed by atoms with Crippen LogP contribution in [0.5, 0.6) is 0 Å². The number of carbonyl (C=O) groups excluding carboxylic acids is 1. The molecule has 15 atom stereocenters. The largest absolute Gasteiger partial charge is 0.458 e. The molecule has 0 amide bonds. The summed E-state index contributed by atoms with van der Waals surface area (Å²) in [6.45, 7) is 12.2. The third kappa shape index (κ3) is 14.6. The number of hydrogen-bond donors (Lipinski definition) is 3. The first kappa shape index (κ1) is 53.0. The van der Waals surface area contributed by atoms with Crippen molar-refractivity contribution in [1.82, 2.24) is 9.97 Å². The molecule has 7 rings (SSSR count). The van der Waals surface area contributed by atoms with Gasteiger partial charge in [0.1, 0.15) is 36.1 Å². The number of oxazole rings is 2. The summed E-state index contributed by atoms with van der Waals surface area (Å²) in [7, 11) is 3.22. The Hall–Kier alpha value is -3.81. The summed E-state index contributed by atoms with van der Waals surface area (Å²) < 4.78 is 55.2. The van der Waals surface area contributed by atoms with Crippen LogP contribution in [0.2, 0.25) is 0 Å². The Bertz CT molecular complexity index is 2210. The highest BCUT2D eigenvalue weighted by atomic mass is 79.9. The minimum atomic E-state index is -1.73. The van der Waals surface area contributed by atoms with Crippen LogP contribution in [0, 0.1) is 11.8 Å². The molecule has 2 aromatic rings. The van der Waals surface area contributed by atoms with Gasteiger partial charge >= 0.3 is 5.97 Å². The van der Waals surface area contributed by atoms with E-state index < -0.39 is 48.4 Å². The van der Waals surface area contributed by atoms with Gasteiger partial charge in [0.25, 0.3) is 0 Å². The van der Waals surface area contributed by atoms with Crippen molar-refractivity contribution in [3.05, 3.63) is 107 Å². The summed E-state index contributed by atoms with van der Waals surface area (Å²) in [6, 6.07) is 0. The highest BCUT2D eigenvalue weighted by Crippen LogP contribution is 2.40. The molecule has 69 heavy (non-hydrogen) atoms. The highest BCUT2D eigenvalue weighted by molar-refractivity contribution is 9.11. The molecule has 0 radical (unpaired) electrons. The second kappa shape index (κ2) is 24.5. The third-order valence-electron chi connectivity index (χ3n) is 13.9. The van der Waals surface area contributed by atoms with Gasteiger partial charge in [-0.2, -0.15) is 0 Å². The highest BCUT2D eigenvalue weighted by Gasteiger charge is 2.45. The van der Waals surface area contributed by atoms with Crippen molar-refractivity contribution < 1.29 is 62.1 Å². The van der Waals surface area contributed by atoms with E-state index in [2.05, 4.69) is 22.5 Å². The fourth-order valence-electron chi connectivity index (χ4n) is 10.4. The number of allylic oxidation sites excluding steroid dienone is 2. The predicted molar refractivity (Wildman–Crippen MR) is 261 cm³/mol. The molecule has 7 heterocycles. The molecule has 378 valence electrons. The average Bonchev–Trinajstić information content (AvgIpc) is 3.96. The molecule has 0 saturated carbocycles. The van der Waals surface area contributed by atoms with E-state index in [1.807, 2.05) is 64.2 Å². The van der Waals surface area contributed by atoms with Crippen LogP contribution in [0.3, 0.4) is 0 Å². The third-order valence-corrected chi connectivity index (χ3v) is 14.2. The molecule has 0 unspecified atom stereocenters. The van der Waals surface area contributed by atoms with Crippen LogP contribution in [0.15, 0.2) is 92.2 Å². The van der Waals surface area contributed by atoms with Crippen LogP contribution in [0.25, 0.3) is 12.2 Å². The van der Waals surface area contributed by atoms with E-state index in [9.17, 15) is 20.1 Å². The summed E-state index contributed by atoms with van der Waals surface area (Å²) in [6.07, 6.45) is 19.5. The topological polar surface area (TPSA) is 194 Å². The van der Waals surface area contributed by atoms with Gasteiger partial charge in [-0.05, 0) is 75.1 Å². The summed E-state index contributed by atoms with van der Waals surface area (Å²) >= 11 is 3.28. The Morgan fingerprint density at radius 1 is 0.986 bits per heavy atom. The van der Waals surface area contributed by atoms with Crippen molar-refractivity contribution in [3.8, 4) is 0 Å². The Kier molecular flexibility index (Phi) is 18.9. The van der Waals surface area contributed by atoms with E-state index in [0.29, 0.717) is 75.1 Å². The molecule has 15 nitrogen and oxygen atoms in total. The number of nitrogens with zero attached hydrogens (tertiary/aromatic N) is 2. The number of aliphatic hydroxyl groups is 3. The number of aliphatic hydroxyl groups excluding tert-OH is 2. The van der Waals surface area contributed by atoms with Crippen LogP contribution in [-0.2, 0) is 44.4 Å². The molecule has 8 bridgehead atoms. The molecule has 2 aromatic heterocycles. The first-order valence-corrected chi connectivity index (χ1v) is 25.2. The normalized spacial score (nSPS) is 36.1. The van der Waals surface area contributed by atoms with E-state index in [-0.39, 0.29) is 67.2 Å². The van der Waals surface area contributed by atoms with E-state index in [1.165, 1.54) is 12.3 Å². The molecular weight excluding hydrogens is 952 g/mol. The smallest absolute Gasteiger partial charge is 0.330 e. The minimum Gasteiger partial charge on any atom is -0.458 e. The lowest BCUT2D eigenvalue weighted by Crippen LogP contribution is -2.51. The zero-order valence-corrected chi connectivity index (χ0v) is 42.3. The maximum atomic E-state index is 13.6. The van der Waals surface area contributed by atoms with Gasteiger partial charge < -0.3 is 57.3 Å². The van der Waals surface area contributed by atoms with Gasteiger partial charge in [-0.15, -0.1) is 0 Å². The first-order valence-electron chi connectivity index (χ1n) is 24.3. The Morgan fingerprint density at radius 2 is 1.78 bits per heavy atom. The number of esters is 1. The van der Waals surface area contributed by atoms with Gasteiger partial charge in [-0.25, -0.2) is 14.8 Å². The standard InChI is InChI=1S/C53H71BrN2O13/c1-31(16-17-38(61-6)12-10-18-54)21-44(58)47-26-42(62-7)27-53(60,69-47)28-49-55-36(29-63-49)22-33(3)51-35(5)52-34(4)45(67-51)13-9-14-48-56-43(30-64-48)46-24-37(57)23-41(66-46)25-40-20-32(2)19-39(65-40)11-8-15-50(59)68-52/h8-10,14-18,21-22,29-30,34-35,37-42,44-47,51-52,57-58,60H,2,11-13,19-20,23-28H2,1,3-7H3/b14-9+,15-8-,17-16+,18-10+,31-21+,33-22+/t34-,35-,37-,38+,39-,40+,41+,42+,44+,45+,46+,47+,51-,52-,53-/m0/s1. The van der Waals surface area contributed by atoms with E-state index in [4.69, 9.17) is 52.0 Å². The van der Waals surface area contributed by atoms with Crippen LogP contribution in [-0.4, -0.2) is 118 Å². The van der Waals surface area contributed by atoms with Gasteiger partial charge in [-0.1, -0.05) is 84.0 Å².